The third-order valence-corrected chi connectivity index (χ3v) is 4.39. The SMILES string of the molecule is O=C(CCc1ncc(-c2ccccc2)o1)Oc1ccc(Cl)c2cccnc12. The number of rotatable bonds is 5. The molecule has 27 heavy (non-hydrogen) atoms. The molecule has 0 aliphatic heterocycles. The molecule has 0 atom stereocenters. The van der Waals surface area contributed by atoms with E-state index in [4.69, 9.17) is 20.8 Å². The summed E-state index contributed by atoms with van der Waals surface area (Å²) in [5, 5.41) is 1.30. The number of ether oxygens (including phenoxy) is 1. The number of esters is 1. The van der Waals surface area contributed by atoms with E-state index in [1.807, 2.05) is 36.4 Å². The van der Waals surface area contributed by atoms with E-state index in [1.165, 1.54) is 0 Å². The van der Waals surface area contributed by atoms with Crippen LogP contribution >= 0.6 is 11.6 Å². The quantitative estimate of drug-likeness (QED) is 0.358. The van der Waals surface area contributed by atoms with Gasteiger partial charge in [0.1, 0.15) is 5.52 Å². The molecule has 2 heterocycles. The largest absolute Gasteiger partial charge is 0.441 e. The van der Waals surface area contributed by atoms with Gasteiger partial charge >= 0.3 is 5.97 Å². The molecule has 4 aromatic rings. The van der Waals surface area contributed by atoms with Gasteiger partial charge < -0.3 is 9.15 Å². The number of nitrogens with zero attached hydrogens (tertiary/aromatic N) is 2. The summed E-state index contributed by atoms with van der Waals surface area (Å²) >= 11 is 6.16. The van der Waals surface area contributed by atoms with Crippen molar-refractivity contribution in [3.05, 3.63) is 77.9 Å². The molecule has 0 amide bonds. The fourth-order valence-corrected chi connectivity index (χ4v) is 2.95. The Balaban J connectivity index is 1.42. The Morgan fingerprint density at radius 2 is 1.89 bits per heavy atom. The predicted molar refractivity (Wildman–Crippen MR) is 103 cm³/mol. The molecular formula is C21H15ClN2O3. The lowest BCUT2D eigenvalue weighted by Gasteiger charge is -2.07. The Kier molecular flexibility index (Phi) is 4.85. The van der Waals surface area contributed by atoms with Crippen LogP contribution in [0.3, 0.4) is 0 Å². The highest BCUT2D eigenvalue weighted by Crippen LogP contribution is 2.30. The third-order valence-electron chi connectivity index (χ3n) is 4.06. The van der Waals surface area contributed by atoms with E-state index < -0.39 is 0 Å². The van der Waals surface area contributed by atoms with Gasteiger partial charge in [0.05, 0.1) is 17.6 Å². The Labute approximate surface area is 160 Å². The maximum Gasteiger partial charge on any atom is 0.311 e. The maximum absolute atomic E-state index is 12.2. The lowest BCUT2D eigenvalue weighted by molar-refractivity contribution is -0.134. The van der Waals surface area contributed by atoms with Crippen LogP contribution in [0.15, 0.2) is 71.4 Å². The summed E-state index contributed by atoms with van der Waals surface area (Å²) in [6, 6.07) is 16.6. The van der Waals surface area contributed by atoms with E-state index in [1.54, 1.807) is 30.6 Å². The summed E-state index contributed by atoms with van der Waals surface area (Å²) < 4.78 is 11.2. The van der Waals surface area contributed by atoms with Crippen LogP contribution in [0.1, 0.15) is 12.3 Å². The zero-order valence-electron chi connectivity index (χ0n) is 14.3. The lowest BCUT2D eigenvalue weighted by Crippen LogP contribution is -2.09. The molecule has 4 rings (SSSR count). The summed E-state index contributed by atoms with van der Waals surface area (Å²) in [6.07, 6.45) is 3.79. The first-order valence-corrected chi connectivity index (χ1v) is 8.82. The van der Waals surface area contributed by atoms with E-state index in [0.29, 0.717) is 34.4 Å². The second-order valence-corrected chi connectivity index (χ2v) is 6.31. The van der Waals surface area contributed by atoms with Crippen LogP contribution in [0.4, 0.5) is 0 Å². The maximum atomic E-state index is 12.2. The Morgan fingerprint density at radius 3 is 2.74 bits per heavy atom. The normalized spacial score (nSPS) is 10.9. The number of aryl methyl sites for hydroxylation is 1. The predicted octanol–water partition coefficient (Wildman–Crippen LogP) is 5.08. The van der Waals surface area contributed by atoms with Crippen LogP contribution in [0, 0.1) is 0 Å². The summed E-state index contributed by atoms with van der Waals surface area (Å²) in [5.74, 6) is 1.16. The Hall–Kier alpha value is -3.18. The molecular weight excluding hydrogens is 364 g/mol. The van der Waals surface area contributed by atoms with Gasteiger partial charge in [-0.2, -0.15) is 0 Å². The molecule has 0 aliphatic carbocycles. The number of aromatic nitrogens is 2. The molecule has 134 valence electrons. The average molecular weight is 379 g/mol. The number of carbonyl (C=O) groups is 1. The standard InChI is InChI=1S/C21H15ClN2O3/c22-16-8-9-17(21-15(16)7-4-12-23-21)27-20(25)11-10-19-24-13-18(26-19)14-5-2-1-3-6-14/h1-9,12-13H,10-11H2. The molecule has 0 saturated carbocycles. The number of pyridine rings is 1. The molecule has 0 radical (unpaired) electrons. The van der Waals surface area contributed by atoms with E-state index >= 15 is 0 Å². The van der Waals surface area contributed by atoms with Crippen LogP contribution in [0.25, 0.3) is 22.2 Å². The summed E-state index contributed by atoms with van der Waals surface area (Å²) in [7, 11) is 0. The van der Waals surface area contributed by atoms with Gasteiger partial charge in [-0.25, -0.2) is 4.98 Å². The topological polar surface area (TPSA) is 65.2 Å². The van der Waals surface area contributed by atoms with E-state index in [-0.39, 0.29) is 12.4 Å². The van der Waals surface area contributed by atoms with Gasteiger partial charge in [-0.05, 0) is 24.3 Å². The van der Waals surface area contributed by atoms with Gasteiger partial charge in [0.15, 0.2) is 17.4 Å². The molecule has 5 nitrogen and oxygen atoms in total. The van der Waals surface area contributed by atoms with Gasteiger partial charge in [-0.15, -0.1) is 0 Å². The highest BCUT2D eigenvalue weighted by atomic mass is 35.5. The minimum absolute atomic E-state index is 0.145. The van der Waals surface area contributed by atoms with Crippen molar-refractivity contribution in [2.24, 2.45) is 0 Å². The molecule has 0 bridgehead atoms. The van der Waals surface area contributed by atoms with E-state index in [0.717, 1.165) is 10.9 Å². The third kappa shape index (κ3) is 3.83. The zero-order valence-corrected chi connectivity index (χ0v) is 15.0. The monoisotopic (exact) mass is 378 g/mol. The number of hydrogen-bond acceptors (Lipinski definition) is 5. The summed E-state index contributed by atoms with van der Waals surface area (Å²) in [6.45, 7) is 0. The van der Waals surface area contributed by atoms with Gasteiger partial charge in [0.25, 0.3) is 0 Å². The van der Waals surface area contributed by atoms with Crippen molar-refractivity contribution in [3.8, 4) is 17.1 Å². The summed E-state index contributed by atoms with van der Waals surface area (Å²) in [5.41, 5.74) is 1.50. The van der Waals surface area contributed by atoms with Gasteiger partial charge in [-0.1, -0.05) is 41.9 Å². The fraction of sp³-hybridized carbons (Fsp3) is 0.0952. The minimum Gasteiger partial charge on any atom is -0.441 e. The number of halogens is 1. The number of fused-ring (bicyclic) bond motifs is 1. The van der Waals surface area contributed by atoms with Gasteiger partial charge in [0.2, 0.25) is 0 Å². The minimum atomic E-state index is -0.385. The van der Waals surface area contributed by atoms with Crippen molar-refractivity contribution in [1.82, 2.24) is 9.97 Å². The van der Waals surface area contributed by atoms with Crippen LogP contribution in [-0.2, 0) is 11.2 Å². The zero-order chi connectivity index (χ0) is 18.6. The number of carbonyl (C=O) groups excluding carboxylic acids is 1. The van der Waals surface area contributed by atoms with Crippen molar-refractivity contribution >= 4 is 28.5 Å². The second-order valence-electron chi connectivity index (χ2n) is 5.90. The molecule has 0 fully saturated rings. The molecule has 0 saturated heterocycles. The van der Waals surface area contributed by atoms with Crippen molar-refractivity contribution < 1.29 is 13.9 Å². The van der Waals surface area contributed by atoms with E-state index in [2.05, 4.69) is 9.97 Å². The highest BCUT2D eigenvalue weighted by Gasteiger charge is 2.13. The molecule has 0 aliphatic rings. The molecule has 0 spiro atoms. The highest BCUT2D eigenvalue weighted by molar-refractivity contribution is 6.35. The lowest BCUT2D eigenvalue weighted by atomic mass is 10.2. The van der Waals surface area contributed by atoms with Crippen LogP contribution in [0.2, 0.25) is 5.02 Å². The second kappa shape index (κ2) is 7.60. The molecule has 0 unspecified atom stereocenters. The van der Waals surface area contributed by atoms with Crippen molar-refractivity contribution in [1.29, 1.82) is 0 Å². The molecule has 0 N–H and O–H groups in total. The van der Waals surface area contributed by atoms with Crippen molar-refractivity contribution in [3.63, 3.8) is 0 Å². The van der Waals surface area contributed by atoms with E-state index in [9.17, 15) is 4.79 Å². The van der Waals surface area contributed by atoms with Crippen LogP contribution in [-0.4, -0.2) is 15.9 Å². The van der Waals surface area contributed by atoms with Gasteiger partial charge in [-0.3, -0.25) is 9.78 Å². The smallest absolute Gasteiger partial charge is 0.311 e. The van der Waals surface area contributed by atoms with Crippen LogP contribution in [0.5, 0.6) is 5.75 Å². The first-order valence-electron chi connectivity index (χ1n) is 8.45. The Morgan fingerprint density at radius 1 is 1.04 bits per heavy atom. The first-order chi connectivity index (χ1) is 13.2. The number of hydrogen-bond donors (Lipinski definition) is 0. The number of oxazole rings is 1. The molecule has 2 aromatic carbocycles. The molecule has 2 aromatic heterocycles. The molecule has 6 heteroatoms. The Bertz CT molecular complexity index is 1090. The first kappa shape index (κ1) is 17.2. The van der Waals surface area contributed by atoms with Gasteiger partial charge in [0, 0.05) is 23.6 Å². The fourth-order valence-electron chi connectivity index (χ4n) is 2.74. The number of benzene rings is 2. The average Bonchev–Trinajstić information content (AvgIpc) is 3.19. The van der Waals surface area contributed by atoms with Crippen molar-refractivity contribution in [2.75, 3.05) is 0 Å². The van der Waals surface area contributed by atoms with Crippen LogP contribution < -0.4 is 4.74 Å². The van der Waals surface area contributed by atoms with Crippen molar-refractivity contribution in [2.45, 2.75) is 12.8 Å². The summed E-state index contributed by atoms with van der Waals surface area (Å²) in [4.78, 5) is 20.7.